The molecule has 3 heterocycles. The van der Waals surface area contributed by atoms with Crippen molar-refractivity contribution in [2.24, 2.45) is 0 Å². The predicted molar refractivity (Wildman–Crippen MR) is 106 cm³/mol. The van der Waals surface area contributed by atoms with Gasteiger partial charge in [0.1, 0.15) is 17.4 Å². The van der Waals surface area contributed by atoms with E-state index in [1.54, 1.807) is 48.5 Å². The van der Waals surface area contributed by atoms with Gasteiger partial charge in [0.2, 0.25) is 5.88 Å². The fraction of sp³-hybridized carbons (Fsp3) is 0.0909. The van der Waals surface area contributed by atoms with Gasteiger partial charge in [0.15, 0.2) is 29.6 Å². The molecule has 4 rings (SSSR count). The molecule has 0 aliphatic heterocycles. The Bertz CT molecular complexity index is 1180. The third-order valence-electron chi connectivity index (χ3n) is 4.21. The summed E-state index contributed by atoms with van der Waals surface area (Å²) in [5.41, 5.74) is 0.500. The molecule has 0 radical (unpaired) electrons. The number of nitriles is 1. The van der Waals surface area contributed by atoms with Gasteiger partial charge in [-0.25, -0.2) is 0 Å². The van der Waals surface area contributed by atoms with Crippen LogP contribution >= 0.6 is 0 Å². The molecule has 0 saturated carbocycles. The maximum Gasteiger partial charge on any atom is 0.264 e. The number of carbonyl (C=O) groups is 1. The monoisotopic (exact) mass is 404 g/mol. The summed E-state index contributed by atoms with van der Waals surface area (Å²) in [5.74, 6) is 1.46. The molecule has 8 heteroatoms. The Labute approximate surface area is 171 Å². The van der Waals surface area contributed by atoms with Crippen molar-refractivity contribution in [1.82, 2.24) is 0 Å². The Hall–Kier alpha value is -4.38. The molecule has 0 aliphatic carbocycles. The number of para-hydroxylation sites is 2. The van der Waals surface area contributed by atoms with E-state index in [4.69, 9.17) is 22.7 Å². The topological polar surface area (TPSA) is 111 Å². The van der Waals surface area contributed by atoms with Crippen molar-refractivity contribution in [3.8, 4) is 40.4 Å². The predicted octanol–water partition coefficient (Wildman–Crippen LogP) is 4.70. The van der Waals surface area contributed by atoms with Gasteiger partial charge < -0.3 is 22.7 Å². The van der Waals surface area contributed by atoms with Crippen molar-refractivity contribution in [3.05, 3.63) is 66.6 Å². The molecule has 1 amide bonds. The van der Waals surface area contributed by atoms with Crippen LogP contribution in [0.3, 0.4) is 0 Å². The van der Waals surface area contributed by atoms with Gasteiger partial charge in [-0.05, 0) is 36.4 Å². The fourth-order valence-electron chi connectivity index (χ4n) is 2.91. The standard InChI is InChI=1S/C22H16N2O6/c1-26-15-6-2-3-7-16(15)29-13-19(25)24-22-14(12-23)20(17-8-4-10-27-17)21(30-22)18-9-5-11-28-18/h2-11H,13H2,1H3,(H,24,25). The Balaban J connectivity index is 1.61. The van der Waals surface area contributed by atoms with Gasteiger partial charge in [-0.1, -0.05) is 12.1 Å². The van der Waals surface area contributed by atoms with Crippen LogP contribution in [0.15, 0.2) is 74.3 Å². The van der Waals surface area contributed by atoms with Gasteiger partial charge >= 0.3 is 0 Å². The molecule has 150 valence electrons. The molecule has 0 spiro atoms. The highest BCUT2D eigenvalue weighted by Crippen LogP contribution is 2.41. The zero-order chi connectivity index (χ0) is 20.9. The van der Waals surface area contributed by atoms with Crippen molar-refractivity contribution in [3.63, 3.8) is 0 Å². The van der Waals surface area contributed by atoms with Gasteiger partial charge in [-0.3, -0.25) is 10.1 Å². The van der Waals surface area contributed by atoms with Crippen LogP contribution in [-0.2, 0) is 4.79 Å². The van der Waals surface area contributed by atoms with E-state index in [0.717, 1.165) is 0 Å². The first-order valence-electron chi connectivity index (χ1n) is 8.91. The largest absolute Gasteiger partial charge is 0.493 e. The van der Waals surface area contributed by atoms with E-state index in [-0.39, 0.29) is 23.8 Å². The summed E-state index contributed by atoms with van der Waals surface area (Å²) in [6.07, 6.45) is 2.96. The van der Waals surface area contributed by atoms with E-state index >= 15 is 0 Å². The van der Waals surface area contributed by atoms with Gasteiger partial charge in [0.05, 0.1) is 25.2 Å². The summed E-state index contributed by atoms with van der Waals surface area (Å²) in [6.45, 7) is -0.307. The molecule has 0 aliphatic rings. The lowest BCUT2D eigenvalue weighted by Crippen LogP contribution is -2.20. The summed E-state index contributed by atoms with van der Waals surface area (Å²) >= 11 is 0. The molecule has 1 N–H and O–H groups in total. The number of nitrogens with one attached hydrogen (secondary N) is 1. The quantitative estimate of drug-likeness (QED) is 0.475. The smallest absolute Gasteiger partial charge is 0.264 e. The normalized spacial score (nSPS) is 10.4. The molecule has 1 aromatic carbocycles. The number of ether oxygens (including phenoxy) is 2. The Morgan fingerprint density at radius 1 is 1.03 bits per heavy atom. The number of hydrogen-bond donors (Lipinski definition) is 1. The minimum absolute atomic E-state index is 0.0241. The average Bonchev–Trinajstić information content (AvgIpc) is 3.52. The summed E-state index contributed by atoms with van der Waals surface area (Å²) in [6, 6.07) is 15.8. The second-order valence-corrected chi connectivity index (χ2v) is 6.06. The van der Waals surface area contributed by atoms with Crippen LogP contribution in [0.5, 0.6) is 11.5 Å². The van der Waals surface area contributed by atoms with Crippen LogP contribution in [0.4, 0.5) is 5.88 Å². The van der Waals surface area contributed by atoms with Crippen LogP contribution in [0, 0.1) is 11.3 Å². The number of amides is 1. The Morgan fingerprint density at radius 2 is 1.73 bits per heavy atom. The summed E-state index contributed by atoms with van der Waals surface area (Å²) in [4.78, 5) is 12.5. The minimum Gasteiger partial charge on any atom is -0.493 e. The van der Waals surface area contributed by atoms with Crippen LogP contribution in [0.25, 0.3) is 22.8 Å². The van der Waals surface area contributed by atoms with E-state index in [1.807, 2.05) is 0 Å². The molecular weight excluding hydrogens is 388 g/mol. The van der Waals surface area contributed by atoms with Gasteiger partial charge in [0.25, 0.3) is 5.91 Å². The summed E-state index contributed by atoms with van der Waals surface area (Å²) in [5, 5.41) is 12.3. The highest BCUT2D eigenvalue weighted by molar-refractivity contribution is 5.95. The Morgan fingerprint density at radius 3 is 2.37 bits per heavy atom. The molecule has 8 nitrogen and oxygen atoms in total. The van der Waals surface area contributed by atoms with Crippen molar-refractivity contribution in [2.45, 2.75) is 0 Å². The van der Waals surface area contributed by atoms with E-state index in [2.05, 4.69) is 11.4 Å². The molecule has 0 saturated heterocycles. The minimum atomic E-state index is -0.511. The molecular formula is C22H16N2O6. The first kappa shape index (κ1) is 19.0. The highest BCUT2D eigenvalue weighted by atomic mass is 16.5. The lowest BCUT2D eigenvalue weighted by atomic mass is 10.1. The third kappa shape index (κ3) is 3.64. The molecule has 4 aromatic rings. The molecule has 0 fully saturated rings. The number of anilines is 1. The van der Waals surface area contributed by atoms with Gasteiger partial charge in [0, 0.05) is 0 Å². The van der Waals surface area contributed by atoms with E-state index in [1.165, 1.54) is 19.6 Å². The third-order valence-corrected chi connectivity index (χ3v) is 4.21. The van der Waals surface area contributed by atoms with Crippen molar-refractivity contribution >= 4 is 11.8 Å². The summed E-state index contributed by atoms with van der Waals surface area (Å²) < 4.78 is 27.4. The fourth-order valence-corrected chi connectivity index (χ4v) is 2.91. The first-order valence-corrected chi connectivity index (χ1v) is 8.91. The number of nitrogens with zero attached hydrogens (tertiary/aromatic N) is 1. The lowest BCUT2D eigenvalue weighted by molar-refractivity contribution is -0.118. The molecule has 0 bridgehead atoms. The molecule has 3 aromatic heterocycles. The zero-order valence-electron chi connectivity index (χ0n) is 15.9. The SMILES string of the molecule is COc1ccccc1OCC(=O)Nc1oc(-c2ccco2)c(-c2ccco2)c1C#N. The van der Waals surface area contributed by atoms with Crippen molar-refractivity contribution in [1.29, 1.82) is 5.26 Å². The zero-order valence-corrected chi connectivity index (χ0v) is 15.9. The van der Waals surface area contributed by atoms with Gasteiger partial charge in [-0.2, -0.15) is 5.26 Å². The van der Waals surface area contributed by atoms with Crippen molar-refractivity contribution in [2.75, 3.05) is 19.0 Å². The molecule has 30 heavy (non-hydrogen) atoms. The van der Waals surface area contributed by atoms with Crippen LogP contribution < -0.4 is 14.8 Å². The number of methoxy groups -OCH3 is 1. The number of furan rings is 3. The second-order valence-electron chi connectivity index (χ2n) is 6.06. The second kappa shape index (κ2) is 8.32. The van der Waals surface area contributed by atoms with Crippen LogP contribution in [-0.4, -0.2) is 19.6 Å². The average molecular weight is 404 g/mol. The summed E-state index contributed by atoms with van der Waals surface area (Å²) in [7, 11) is 1.51. The van der Waals surface area contributed by atoms with E-state index in [9.17, 15) is 10.1 Å². The van der Waals surface area contributed by atoms with E-state index < -0.39 is 5.91 Å². The number of benzene rings is 1. The van der Waals surface area contributed by atoms with E-state index in [0.29, 0.717) is 28.6 Å². The maximum absolute atomic E-state index is 12.5. The number of hydrogen-bond acceptors (Lipinski definition) is 7. The first-order chi connectivity index (χ1) is 14.7. The maximum atomic E-state index is 12.5. The molecule has 0 atom stereocenters. The van der Waals surface area contributed by atoms with Gasteiger partial charge in [-0.15, -0.1) is 0 Å². The van der Waals surface area contributed by atoms with Crippen molar-refractivity contribution < 1.29 is 27.5 Å². The Kier molecular flexibility index (Phi) is 5.26. The highest BCUT2D eigenvalue weighted by Gasteiger charge is 2.27. The van der Waals surface area contributed by atoms with Crippen LogP contribution in [0.2, 0.25) is 0 Å². The number of rotatable bonds is 7. The van der Waals surface area contributed by atoms with Crippen LogP contribution in [0.1, 0.15) is 5.56 Å². The lowest BCUT2D eigenvalue weighted by Gasteiger charge is -2.09. The number of carbonyl (C=O) groups excluding carboxylic acids is 1. The molecule has 0 unspecified atom stereocenters.